The van der Waals surface area contributed by atoms with E-state index in [9.17, 15) is 27.5 Å². The first-order valence-corrected chi connectivity index (χ1v) is 10.8. The monoisotopic (exact) mass is 521 g/mol. The minimum Gasteiger partial charge on any atom is -1.00 e. The second-order valence-electron chi connectivity index (χ2n) is 8.39. The Bertz CT molecular complexity index is 969. The molecule has 36 heavy (non-hydrogen) atoms. The number of ether oxygens (including phenoxy) is 2. The third-order valence-electron chi connectivity index (χ3n) is 5.62. The number of Topliss-reactive ketones (excluding diaryl/α,β-unsaturated/α-hetero) is 1. The van der Waals surface area contributed by atoms with Crippen molar-refractivity contribution >= 4 is 14.2 Å². The number of phenols is 2. The van der Waals surface area contributed by atoms with E-state index in [-0.39, 0.29) is 100 Å². The van der Waals surface area contributed by atoms with Crippen molar-refractivity contribution in [3.05, 3.63) is 48.5 Å². The first kappa shape index (κ1) is 32.1. The number of hydrogen-bond acceptors (Lipinski definition) is 6. The van der Waals surface area contributed by atoms with Gasteiger partial charge in [-0.25, -0.2) is 17.6 Å². The normalized spacial score (nSPS) is 24.1. The molecule has 2 fully saturated rings. The maximum absolute atomic E-state index is 13.5. The molecule has 0 heterocycles. The summed E-state index contributed by atoms with van der Waals surface area (Å²) in [7, 11) is 0. The molecule has 0 amide bonds. The van der Waals surface area contributed by atoms with Crippen molar-refractivity contribution in [2.45, 2.75) is 68.7 Å². The van der Waals surface area contributed by atoms with E-state index >= 15 is 0 Å². The molecule has 6 nitrogen and oxygen atoms in total. The van der Waals surface area contributed by atoms with Crippen molar-refractivity contribution in [2.75, 3.05) is 0 Å². The van der Waals surface area contributed by atoms with E-state index in [0.717, 1.165) is 0 Å². The Labute approximate surface area is 232 Å². The zero-order valence-electron chi connectivity index (χ0n) is 20.7. The van der Waals surface area contributed by atoms with Gasteiger partial charge in [0.05, 0.1) is 6.10 Å². The van der Waals surface area contributed by atoms with Gasteiger partial charge in [-0.3, -0.25) is 4.79 Å². The number of hydrogen-bond donors (Lipinski definition) is 3. The van der Waals surface area contributed by atoms with E-state index in [1.807, 2.05) is 0 Å². The van der Waals surface area contributed by atoms with Crippen molar-refractivity contribution in [1.82, 2.24) is 0 Å². The van der Waals surface area contributed by atoms with E-state index in [4.69, 9.17) is 19.7 Å². The van der Waals surface area contributed by atoms with Crippen LogP contribution in [0.4, 0.5) is 17.6 Å². The van der Waals surface area contributed by atoms with Crippen LogP contribution in [0.2, 0.25) is 0 Å². The van der Waals surface area contributed by atoms with E-state index in [1.165, 1.54) is 48.5 Å². The van der Waals surface area contributed by atoms with Gasteiger partial charge in [-0.05, 0) is 55.0 Å². The Morgan fingerprint density at radius 1 is 0.806 bits per heavy atom. The number of phenolic OH excluding ortho intramolecular Hbond substituents is 2. The minimum absolute atomic E-state index is 0. The van der Waals surface area contributed by atoms with Gasteiger partial charge in [0.1, 0.15) is 28.8 Å². The maximum atomic E-state index is 13.5. The molecule has 0 aliphatic heterocycles. The summed E-state index contributed by atoms with van der Waals surface area (Å²) in [6.45, 7) is 0. The van der Waals surface area contributed by atoms with Crippen LogP contribution in [-0.2, 0) is 4.79 Å². The van der Waals surface area contributed by atoms with Crippen molar-refractivity contribution in [3.63, 3.8) is 0 Å². The van der Waals surface area contributed by atoms with Crippen LogP contribution in [0.25, 0.3) is 0 Å². The molecule has 3 N–H and O–H groups in total. The van der Waals surface area contributed by atoms with Gasteiger partial charge in [-0.15, -0.1) is 0 Å². The Balaban J connectivity index is 0.000000648. The molecule has 2 saturated carbocycles. The fourth-order valence-electron chi connectivity index (χ4n) is 3.62. The van der Waals surface area contributed by atoms with Crippen molar-refractivity contribution in [2.24, 2.45) is 0 Å². The van der Waals surface area contributed by atoms with Crippen LogP contribution >= 0.6 is 0 Å². The van der Waals surface area contributed by atoms with E-state index in [0.29, 0.717) is 0 Å². The van der Waals surface area contributed by atoms with Crippen LogP contribution in [0.5, 0.6) is 23.0 Å². The second-order valence-corrected chi connectivity index (χ2v) is 8.39. The first-order chi connectivity index (χ1) is 15.9. The Hall–Kier alpha value is -1.95. The smallest absolute Gasteiger partial charge is 1.00 e. The molecule has 2 aromatic rings. The summed E-state index contributed by atoms with van der Waals surface area (Å²) >= 11 is 0. The van der Waals surface area contributed by atoms with Crippen LogP contribution in [-0.4, -0.2) is 59.7 Å². The molecule has 0 aromatic heterocycles. The molecule has 2 aromatic carbocycles. The molecular weight excluding hydrogens is 494 g/mol. The number of halogens is 4. The summed E-state index contributed by atoms with van der Waals surface area (Å²) in [6.07, 6.45) is -4.63. The number of aliphatic hydroxyl groups is 1. The van der Waals surface area contributed by atoms with Gasteiger partial charge in [0.15, 0.2) is 12.2 Å². The number of ketones is 1. The summed E-state index contributed by atoms with van der Waals surface area (Å²) in [4.78, 5) is 11.2. The molecule has 191 valence electrons. The van der Waals surface area contributed by atoms with Crippen molar-refractivity contribution in [1.29, 1.82) is 0 Å². The summed E-state index contributed by atoms with van der Waals surface area (Å²) in [6, 6.07) is 11.1. The zero-order valence-corrected chi connectivity index (χ0v) is 21.7. The zero-order chi connectivity index (χ0) is 24.9. The molecule has 0 spiro atoms. The van der Waals surface area contributed by atoms with Gasteiger partial charge in [0.2, 0.25) is 0 Å². The SMILES string of the molecule is O=C1CCC(F)(F)C(Oc2ccc(O)cc2)C1.Oc1ccc(OC2CC(O)CCC2(F)F)cc1.[B].[H-].[Na+]. The molecule has 0 bridgehead atoms. The second kappa shape index (κ2) is 13.6. The molecule has 0 saturated heterocycles. The van der Waals surface area contributed by atoms with Gasteiger partial charge < -0.3 is 26.2 Å². The minimum atomic E-state index is -2.98. The topological polar surface area (TPSA) is 96.2 Å². The molecule has 4 rings (SSSR count). The third-order valence-corrected chi connectivity index (χ3v) is 5.62. The number of aliphatic hydroxyl groups excluding tert-OH is 1. The summed E-state index contributed by atoms with van der Waals surface area (Å²) < 4.78 is 64.3. The molecule has 3 unspecified atom stereocenters. The molecule has 2 aliphatic rings. The molecular formula is C24H27BF4NaO6. The number of benzene rings is 2. The number of carbonyl (C=O) groups excluding carboxylic acids is 1. The number of aromatic hydroxyl groups is 2. The summed E-state index contributed by atoms with van der Waals surface area (Å²) in [5.74, 6) is -5.54. The summed E-state index contributed by atoms with van der Waals surface area (Å²) in [5.41, 5.74) is 0. The van der Waals surface area contributed by atoms with Gasteiger partial charge >= 0.3 is 29.6 Å². The maximum Gasteiger partial charge on any atom is 1.00 e. The third kappa shape index (κ3) is 9.17. The fourth-order valence-corrected chi connectivity index (χ4v) is 3.62. The average molecular weight is 521 g/mol. The Morgan fingerprint density at radius 3 is 1.75 bits per heavy atom. The van der Waals surface area contributed by atoms with Gasteiger partial charge in [-0.1, -0.05) is 0 Å². The molecule has 3 atom stereocenters. The molecule has 3 radical (unpaired) electrons. The van der Waals surface area contributed by atoms with Gasteiger partial charge in [0.25, 0.3) is 11.8 Å². The Morgan fingerprint density at radius 2 is 1.25 bits per heavy atom. The van der Waals surface area contributed by atoms with Gasteiger partial charge in [0, 0.05) is 40.5 Å². The van der Waals surface area contributed by atoms with E-state index in [1.54, 1.807) is 0 Å². The number of rotatable bonds is 4. The van der Waals surface area contributed by atoms with Crippen LogP contribution < -0.4 is 39.0 Å². The largest absolute Gasteiger partial charge is 1.00 e. The number of carbonyl (C=O) groups is 1. The molecule has 12 heteroatoms. The predicted molar refractivity (Wildman–Crippen MR) is 121 cm³/mol. The van der Waals surface area contributed by atoms with Crippen LogP contribution in [0.1, 0.15) is 40.0 Å². The van der Waals surface area contributed by atoms with Crippen LogP contribution in [0.15, 0.2) is 48.5 Å². The van der Waals surface area contributed by atoms with Crippen LogP contribution in [0.3, 0.4) is 0 Å². The Kier molecular flexibility index (Phi) is 12.1. The van der Waals surface area contributed by atoms with Crippen molar-refractivity contribution in [3.8, 4) is 23.0 Å². The quantitative estimate of drug-likeness (QED) is 0.418. The fraction of sp³-hybridized carbons (Fsp3) is 0.458. The average Bonchev–Trinajstić information content (AvgIpc) is 2.77. The summed E-state index contributed by atoms with van der Waals surface area (Å²) in [5, 5.41) is 27.5. The number of alkyl halides is 4. The van der Waals surface area contributed by atoms with Crippen LogP contribution in [0, 0.1) is 0 Å². The van der Waals surface area contributed by atoms with E-state index in [2.05, 4.69) is 0 Å². The van der Waals surface area contributed by atoms with E-state index < -0.39 is 36.6 Å². The molecule has 2 aliphatic carbocycles. The predicted octanol–water partition coefficient (Wildman–Crippen LogP) is 1.58. The standard InChI is InChI=1S/C12H14F2O3.C12H12F2O3.B.Na.H/c2*13-12(14)6-5-9(16)7-11(12)17-10-3-1-8(15)2-4-10;;;/h1-4,9,11,15-16H,5-7H2;1-4,11,15H,5-7H2;;;/q;;;+1;-1. The van der Waals surface area contributed by atoms with Gasteiger partial charge in [-0.2, -0.15) is 0 Å². The first-order valence-electron chi connectivity index (χ1n) is 10.8. The van der Waals surface area contributed by atoms with Crippen molar-refractivity contribution < 1.29 is 78.1 Å².